The molecule has 1 atom stereocenters. The number of ether oxygens (including phenoxy) is 2. The van der Waals surface area contributed by atoms with Gasteiger partial charge < -0.3 is 14.6 Å². The van der Waals surface area contributed by atoms with Crippen molar-refractivity contribution in [2.75, 3.05) is 11.5 Å². The Morgan fingerprint density at radius 2 is 1.67 bits per heavy atom. The van der Waals surface area contributed by atoms with E-state index < -0.39 is 17.7 Å². The number of thiazole rings is 1. The summed E-state index contributed by atoms with van der Waals surface area (Å²) in [4.78, 5) is 33.4. The third-order valence-corrected chi connectivity index (χ3v) is 7.95. The minimum absolute atomic E-state index is 0.0190. The lowest BCUT2D eigenvalue weighted by Gasteiger charge is -2.23. The molecule has 1 fully saturated rings. The number of carbonyl (C=O) groups excluding carboxylic acids is 2. The van der Waals surface area contributed by atoms with Gasteiger partial charge in [0.25, 0.3) is 5.78 Å². The molecule has 1 aliphatic rings. The number of anilines is 1. The van der Waals surface area contributed by atoms with Crippen LogP contribution in [0.3, 0.4) is 0 Å². The van der Waals surface area contributed by atoms with E-state index in [1.54, 1.807) is 42.5 Å². The first-order chi connectivity index (χ1) is 20.4. The van der Waals surface area contributed by atoms with Crippen molar-refractivity contribution in [2.24, 2.45) is 0 Å². The van der Waals surface area contributed by atoms with Crippen LogP contribution in [0.2, 0.25) is 0 Å². The van der Waals surface area contributed by atoms with Crippen LogP contribution in [-0.4, -0.2) is 28.4 Å². The zero-order chi connectivity index (χ0) is 29.2. The van der Waals surface area contributed by atoms with Gasteiger partial charge in [-0.3, -0.25) is 14.5 Å². The van der Waals surface area contributed by atoms with E-state index in [0.717, 1.165) is 22.2 Å². The van der Waals surface area contributed by atoms with E-state index in [1.807, 2.05) is 68.4 Å². The quantitative estimate of drug-likeness (QED) is 0.115. The molecule has 0 aliphatic carbocycles. The van der Waals surface area contributed by atoms with E-state index in [4.69, 9.17) is 14.5 Å². The summed E-state index contributed by atoms with van der Waals surface area (Å²) in [6, 6.07) is 28.3. The van der Waals surface area contributed by atoms with Gasteiger partial charge in [0, 0.05) is 5.56 Å². The van der Waals surface area contributed by atoms with Crippen LogP contribution in [0.1, 0.15) is 36.1 Å². The number of ketones is 1. The average molecular weight is 577 g/mol. The maximum atomic E-state index is 13.7. The number of para-hydroxylation sites is 1. The van der Waals surface area contributed by atoms with Crippen molar-refractivity contribution in [1.29, 1.82) is 0 Å². The van der Waals surface area contributed by atoms with Crippen LogP contribution in [0.5, 0.6) is 17.2 Å². The first-order valence-corrected chi connectivity index (χ1v) is 14.5. The lowest BCUT2D eigenvalue weighted by atomic mass is 9.95. The molecule has 4 aromatic carbocycles. The van der Waals surface area contributed by atoms with Gasteiger partial charge in [-0.25, -0.2) is 4.98 Å². The van der Waals surface area contributed by atoms with Crippen molar-refractivity contribution in [2.45, 2.75) is 26.3 Å². The number of benzene rings is 4. The Bertz CT molecular complexity index is 1810. The largest absolute Gasteiger partial charge is 0.507 e. The number of hydrogen-bond donors (Lipinski definition) is 1. The van der Waals surface area contributed by atoms with E-state index >= 15 is 0 Å². The molecule has 42 heavy (non-hydrogen) atoms. The van der Waals surface area contributed by atoms with Gasteiger partial charge in [0.1, 0.15) is 23.0 Å². The van der Waals surface area contributed by atoms with Gasteiger partial charge in [-0.05, 0) is 85.1 Å². The van der Waals surface area contributed by atoms with Crippen LogP contribution in [0.25, 0.3) is 16.0 Å². The SMILES string of the molecule is CCCOc1ccc(C(O)=C2C(=O)C(=O)N(c3nc4ccc(C)cc4s3)C2c2cccc(Oc3ccccc3)c2)cc1. The number of aliphatic hydroxyl groups excluding tert-OH is 1. The van der Waals surface area contributed by atoms with E-state index in [9.17, 15) is 14.7 Å². The predicted octanol–water partition coefficient (Wildman–Crippen LogP) is 7.81. The fourth-order valence-electron chi connectivity index (χ4n) is 4.93. The summed E-state index contributed by atoms with van der Waals surface area (Å²) in [6.07, 6.45) is 0.865. The molecule has 1 aromatic heterocycles. The van der Waals surface area contributed by atoms with Crippen LogP contribution >= 0.6 is 11.3 Å². The maximum absolute atomic E-state index is 13.7. The topological polar surface area (TPSA) is 89.0 Å². The number of rotatable bonds is 8. The van der Waals surface area contributed by atoms with E-state index in [-0.39, 0.29) is 11.3 Å². The van der Waals surface area contributed by atoms with Gasteiger partial charge in [0.15, 0.2) is 5.13 Å². The van der Waals surface area contributed by atoms with Gasteiger partial charge in [-0.15, -0.1) is 0 Å². The molecule has 1 N–H and O–H groups in total. The normalized spacial score (nSPS) is 16.2. The number of aromatic nitrogens is 1. The monoisotopic (exact) mass is 576 g/mol. The summed E-state index contributed by atoms with van der Waals surface area (Å²) in [7, 11) is 0. The molecule has 6 rings (SSSR count). The molecular formula is C34H28N2O5S. The highest BCUT2D eigenvalue weighted by molar-refractivity contribution is 7.22. The number of amides is 1. The summed E-state index contributed by atoms with van der Waals surface area (Å²) in [5.41, 5.74) is 2.77. The molecule has 0 saturated carbocycles. The van der Waals surface area contributed by atoms with Crippen molar-refractivity contribution < 1.29 is 24.2 Å². The Morgan fingerprint density at radius 3 is 2.43 bits per heavy atom. The molecule has 0 bridgehead atoms. The summed E-state index contributed by atoms with van der Waals surface area (Å²) in [5.74, 6) is 0.0238. The van der Waals surface area contributed by atoms with Gasteiger partial charge in [0.2, 0.25) is 0 Å². The number of aryl methyl sites for hydroxylation is 1. The highest BCUT2D eigenvalue weighted by atomic mass is 32.1. The summed E-state index contributed by atoms with van der Waals surface area (Å²) in [5, 5.41) is 11.9. The summed E-state index contributed by atoms with van der Waals surface area (Å²) in [6.45, 7) is 4.58. The van der Waals surface area contributed by atoms with Crippen molar-refractivity contribution in [3.8, 4) is 17.2 Å². The van der Waals surface area contributed by atoms with E-state index in [1.165, 1.54) is 16.2 Å². The second kappa shape index (κ2) is 11.5. The lowest BCUT2D eigenvalue weighted by molar-refractivity contribution is -0.132. The van der Waals surface area contributed by atoms with Gasteiger partial charge in [-0.2, -0.15) is 0 Å². The zero-order valence-corrected chi connectivity index (χ0v) is 23.9. The van der Waals surface area contributed by atoms with Crippen LogP contribution < -0.4 is 14.4 Å². The number of hydrogen-bond acceptors (Lipinski definition) is 7. The third-order valence-electron chi connectivity index (χ3n) is 6.94. The number of nitrogens with zero attached hydrogens (tertiary/aromatic N) is 2. The second-order valence-corrected chi connectivity index (χ2v) is 11.0. The van der Waals surface area contributed by atoms with Crippen molar-refractivity contribution in [1.82, 2.24) is 4.98 Å². The zero-order valence-electron chi connectivity index (χ0n) is 23.1. The van der Waals surface area contributed by atoms with Crippen molar-refractivity contribution in [3.05, 3.63) is 119 Å². The number of aliphatic hydroxyl groups is 1. The first kappa shape index (κ1) is 27.2. The third kappa shape index (κ3) is 5.24. The molecule has 1 aliphatic heterocycles. The smallest absolute Gasteiger partial charge is 0.301 e. The molecule has 0 spiro atoms. The summed E-state index contributed by atoms with van der Waals surface area (Å²) >= 11 is 1.33. The summed E-state index contributed by atoms with van der Waals surface area (Å²) < 4.78 is 12.6. The Kier molecular flexibility index (Phi) is 7.46. The molecule has 5 aromatic rings. The molecule has 210 valence electrons. The van der Waals surface area contributed by atoms with Crippen LogP contribution in [0, 0.1) is 6.92 Å². The average Bonchev–Trinajstić information content (AvgIpc) is 3.54. The fraction of sp³-hybridized carbons (Fsp3) is 0.147. The van der Waals surface area contributed by atoms with Gasteiger partial charge in [0.05, 0.1) is 28.4 Å². The number of fused-ring (bicyclic) bond motifs is 1. The van der Waals surface area contributed by atoms with Gasteiger partial charge in [-0.1, -0.05) is 54.7 Å². The molecular weight excluding hydrogens is 548 g/mol. The van der Waals surface area contributed by atoms with Crippen molar-refractivity contribution >= 4 is 44.1 Å². The highest BCUT2D eigenvalue weighted by Gasteiger charge is 2.48. The van der Waals surface area contributed by atoms with Crippen LogP contribution in [0.15, 0.2) is 103 Å². The van der Waals surface area contributed by atoms with Crippen LogP contribution in [0.4, 0.5) is 5.13 Å². The number of carbonyl (C=O) groups is 2. The minimum atomic E-state index is -0.929. The van der Waals surface area contributed by atoms with Crippen LogP contribution in [-0.2, 0) is 9.59 Å². The molecule has 1 amide bonds. The number of Topliss-reactive ketones (excluding diaryl/α,β-unsaturated/α-hetero) is 1. The second-order valence-electron chi connectivity index (χ2n) is 10.00. The minimum Gasteiger partial charge on any atom is -0.507 e. The lowest BCUT2D eigenvalue weighted by Crippen LogP contribution is -2.29. The Balaban J connectivity index is 1.48. The highest BCUT2D eigenvalue weighted by Crippen LogP contribution is 2.45. The van der Waals surface area contributed by atoms with Gasteiger partial charge >= 0.3 is 5.91 Å². The molecule has 2 heterocycles. The Labute approximate surface area is 247 Å². The molecule has 1 saturated heterocycles. The molecule has 8 heteroatoms. The molecule has 0 radical (unpaired) electrons. The predicted molar refractivity (Wildman–Crippen MR) is 164 cm³/mol. The Hall–Kier alpha value is -4.95. The molecule has 7 nitrogen and oxygen atoms in total. The van der Waals surface area contributed by atoms with E-state index in [0.29, 0.717) is 40.1 Å². The molecule has 1 unspecified atom stereocenters. The fourth-order valence-corrected chi connectivity index (χ4v) is 6.02. The maximum Gasteiger partial charge on any atom is 0.301 e. The Morgan fingerprint density at radius 1 is 0.905 bits per heavy atom. The van der Waals surface area contributed by atoms with Crippen molar-refractivity contribution in [3.63, 3.8) is 0 Å². The first-order valence-electron chi connectivity index (χ1n) is 13.7. The standard InChI is InChI=1S/C34H28N2O5S/c1-3-18-40-24-15-13-22(14-16-24)31(37)29-30(23-8-7-11-26(20-23)41-25-9-5-4-6-10-25)36(33(39)32(29)38)34-35-27-17-12-21(2)19-28(27)42-34/h4-17,19-20,30,37H,3,18H2,1-2H3. The van der Waals surface area contributed by atoms with E-state index in [2.05, 4.69) is 0 Å².